The molecule has 0 spiro atoms. The minimum absolute atomic E-state index is 0.0257. The fourth-order valence-corrected chi connectivity index (χ4v) is 3.13. The molecule has 2 atom stereocenters. The molecule has 1 amide bonds. The van der Waals surface area contributed by atoms with Crippen LogP contribution in [0.25, 0.3) is 0 Å². The van der Waals surface area contributed by atoms with Crippen LogP contribution in [0.2, 0.25) is 0 Å². The maximum absolute atomic E-state index is 12.8. The maximum Gasteiger partial charge on any atom is 0.416 e. The normalized spacial score (nSPS) is 13.6. The van der Waals surface area contributed by atoms with Crippen molar-refractivity contribution in [3.8, 4) is 0 Å². The van der Waals surface area contributed by atoms with Gasteiger partial charge < -0.3 is 10.4 Å². The van der Waals surface area contributed by atoms with Crippen LogP contribution < -0.4 is 5.32 Å². The summed E-state index contributed by atoms with van der Waals surface area (Å²) in [6.07, 6.45) is -4.38. The number of aliphatic carboxylic acids is 1. The quantitative estimate of drug-likeness (QED) is 0.738. The summed E-state index contributed by atoms with van der Waals surface area (Å²) in [5.41, 5.74) is 1.86. The third-order valence-corrected chi connectivity index (χ3v) is 4.53. The van der Waals surface area contributed by atoms with Crippen molar-refractivity contribution in [1.82, 2.24) is 0 Å². The van der Waals surface area contributed by atoms with Crippen LogP contribution in [0.4, 0.5) is 18.9 Å². The number of aryl methyl sites for hydroxylation is 2. The maximum atomic E-state index is 12.8. The summed E-state index contributed by atoms with van der Waals surface area (Å²) in [5, 5.41) is 12.0. The van der Waals surface area contributed by atoms with Gasteiger partial charge >= 0.3 is 12.1 Å². The van der Waals surface area contributed by atoms with E-state index in [4.69, 9.17) is 0 Å². The summed E-state index contributed by atoms with van der Waals surface area (Å²) in [6, 6.07) is 9.93. The zero-order valence-electron chi connectivity index (χ0n) is 15.8. The number of alkyl halides is 3. The first-order valence-electron chi connectivity index (χ1n) is 8.75. The number of anilines is 1. The summed E-state index contributed by atoms with van der Waals surface area (Å²) in [7, 11) is 0. The molecule has 150 valence electrons. The van der Waals surface area contributed by atoms with Gasteiger partial charge in [-0.3, -0.25) is 9.59 Å². The molecule has 7 heteroatoms. The number of hydrogen-bond donors (Lipinski definition) is 2. The third kappa shape index (κ3) is 5.58. The van der Waals surface area contributed by atoms with E-state index in [-0.39, 0.29) is 12.1 Å². The Bertz CT molecular complexity index is 857. The average molecular weight is 393 g/mol. The second kappa shape index (κ2) is 8.46. The van der Waals surface area contributed by atoms with Crippen LogP contribution >= 0.6 is 0 Å². The zero-order valence-corrected chi connectivity index (χ0v) is 15.8. The highest BCUT2D eigenvalue weighted by atomic mass is 19.4. The van der Waals surface area contributed by atoms with Gasteiger partial charge in [-0.1, -0.05) is 42.3 Å². The van der Waals surface area contributed by atoms with Gasteiger partial charge in [-0.25, -0.2) is 0 Å². The van der Waals surface area contributed by atoms with Crippen molar-refractivity contribution in [2.24, 2.45) is 11.8 Å². The van der Waals surface area contributed by atoms with E-state index in [9.17, 15) is 27.9 Å². The number of amides is 1. The number of carbonyl (C=O) groups is 2. The molecule has 0 bridgehead atoms. The standard InChI is InChI=1S/C21H22F3NO3/c1-12-7-13(2)9-15(8-12)10-18(20(27)28)14(3)19(26)25-17-6-4-5-16(11-17)21(22,23)24/h4-9,11,14,18H,10H2,1-3H3,(H,25,26)(H,27,28)/t14-,18-/m0/s1. The van der Waals surface area contributed by atoms with Crippen LogP contribution in [-0.4, -0.2) is 17.0 Å². The fraction of sp³-hybridized carbons (Fsp3) is 0.333. The minimum atomic E-state index is -4.53. The van der Waals surface area contributed by atoms with Crippen molar-refractivity contribution in [3.05, 3.63) is 64.7 Å². The number of carboxylic acid groups (broad SMARTS) is 1. The Kier molecular flexibility index (Phi) is 6.48. The predicted molar refractivity (Wildman–Crippen MR) is 100.0 cm³/mol. The summed E-state index contributed by atoms with van der Waals surface area (Å²) in [4.78, 5) is 24.2. The average Bonchev–Trinajstić information content (AvgIpc) is 2.57. The van der Waals surface area contributed by atoms with Crippen molar-refractivity contribution in [2.75, 3.05) is 5.32 Å². The number of benzene rings is 2. The molecule has 0 radical (unpaired) electrons. The highest BCUT2D eigenvalue weighted by Crippen LogP contribution is 2.31. The lowest BCUT2D eigenvalue weighted by Gasteiger charge is -2.20. The van der Waals surface area contributed by atoms with Crippen molar-refractivity contribution < 1.29 is 27.9 Å². The highest BCUT2D eigenvalue weighted by Gasteiger charge is 2.32. The summed E-state index contributed by atoms with van der Waals surface area (Å²) >= 11 is 0. The smallest absolute Gasteiger partial charge is 0.416 e. The molecule has 28 heavy (non-hydrogen) atoms. The van der Waals surface area contributed by atoms with Crippen LogP contribution in [0.5, 0.6) is 0 Å². The number of carbonyl (C=O) groups excluding carboxylic acids is 1. The molecule has 2 rings (SSSR count). The number of rotatable bonds is 6. The lowest BCUT2D eigenvalue weighted by Crippen LogP contribution is -2.33. The Morgan fingerprint density at radius 2 is 1.68 bits per heavy atom. The molecular weight excluding hydrogens is 371 g/mol. The molecule has 2 aromatic carbocycles. The van der Waals surface area contributed by atoms with Crippen LogP contribution in [0.3, 0.4) is 0 Å². The molecule has 0 aliphatic heterocycles. The topological polar surface area (TPSA) is 66.4 Å². The van der Waals surface area contributed by atoms with E-state index >= 15 is 0 Å². The molecule has 0 fully saturated rings. The van der Waals surface area contributed by atoms with Gasteiger partial charge in [0.15, 0.2) is 0 Å². The molecule has 0 aliphatic carbocycles. The minimum Gasteiger partial charge on any atom is -0.481 e. The Balaban J connectivity index is 2.17. The Morgan fingerprint density at radius 3 is 2.21 bits per heavy atom. The first-order valence-corrected chi connectivity index (χ1v) is 8.75. The van der Waals surface area contributed by atoms with E-state index in [1.807, 2.05) is 32.0 Å². The van der Waals surface area contributed by atoms with E-state index in [2.05, 4.69) is 5.32 Å². The van der Waals surface area contributed by atoms with Gasteiger partial charge in [-0.2, -0.15) is 13.2 Å². The van der Waals surface area contributed by atoms with Gasteiger partial charge in [0.2, 0.25) is 5.91 Å². The first-order chi connectivity index (χ1) is 13.0. The molecular formula is C21H22F3NO3. The summed E-state index contributed by atoms with van der Waals surface area (Å²) < 4.78 is 38.4. The number of halogens is 3. The van der Waals surface area contributed by atoms with Crippen LogP contribution in [0.1, 0.15) is 29.2 Å². The Morgan fingerprint density at radius 1 is 1.07 bits per heavy atom. The van der Waals surface area contributed by atoms with E-state index in [0.29, 0.717) is 0 Å². The SMILES string of the molecule is Cc1cc(C)cc(C[C@H](C(=O)O)[C@H](C)C(=O)Nc2cccc(C(F)(F)F)c2)c1. The number of nitrogens with one attached hydrogen (secondary N) is 1. The first kappa shape index (κ1) is 21.5. The largest absolute Gasteiger partial charge is 0.481 e. The number of carboxylic acids is 1. The van der Waals surface area contributed by atoms with Crippen molar-refractivity contribution in [2.45, 2.75) is 33.4 Å². The molecule has 2 aromatic rings. The Labute approximate surface area is 161 Å². The van der Waals surface area contributed by atoms with Crippen molar-refractivity contribution >= 4 is 17.6 Å². The molecule has 0 aliphatic rings. The molecule has 2 N–H and O–H groups in total. The predicted octanol–water partition coefficient (Wildman–Crippen LogP) is 4.84. The van der Waals surface area contributed by atoms with E-state index in [0.717, 1.165) is 28.8 Å². The monoisotopic (exact) mass is 393 g/mol. The lowest BCUT2D eigenvalue weighted by molar-refractivity contribution is -0.145. The lowest BCUT2D eigenvalue weighted by atomic mass is 9.86. The molecule has 0 heterocycles. The molecule has 0 saturated heterocycles. The van der Waals surface area contributed by atoms with E-state index < -0.39 is 35.5 Å². The van der Waals surface area contributed by atoms with Crippen LogP contribution in [0, 0.1) is 25.7 Å². The van der Waals surface area contributed by atoms with E-state index in [1.165, 1.54) is 19.1 Å². The van der Waals surface area contributed by atoms with Gasteiger partial charge in [-0.15, -0.1) is 0 Å². The molecule has 0 saturated carbocycles. The van der Waals surface area contributed by atoms with Gasteiger partial charge in [0, 0.05) is 11.6 Å². The fourth-order valence-electron chi connectivity index (χ4n) is 3.13. The van der Waals surface area contributed by atoms with Gasteiger partial charge in [0.25, 0.3) is 0 Å². The van der Waals surface area contributed by atoms with Gasteiger partial charge in [-0.05, 0) is 44.0 Å². The molecule has 0 unspecified atom stereocenters. The second-order valence-electron chi connectivity index (χ2n) is 7.00. The Hall–Kier alpha value is -2.83. The third-order valence-electron chi connectivity index (χ3n) is 4.53. The van der Waals surface area contributed by atoms with Gasteiger partial charge in [0.1, 0.15) is 0 Å². The molecule has 4 nitrogen and oxygen atoms in total. The molecule has 0 aromatic heterocycles. The summed E-state index contributed by atoms with van der Waals surface area (Å²) in [6.45, 7) is 5.26. The van der Waals surface area contributed by atoms with E-state index in [1.54, 1.807) is 0 Å². The number of hydrogen-bond acceptors (Lipinski definition) is 2. The van der Waals surface area contributed by atoms with Crippen molar-refractivity contribution in [1.29, 1.82) is 0 Å². The van der Waals surface area contributed by atoms with Crippen LogP contribution in [0.15, 0.2) is 42.5 Å². The zero-order chi connectivity index (χ0) is 21.1. The van der Waals surface area contributed by atoms with Crippen molar-refractivity contribution in [3.63, 3.8) is 0 Å². The summed E-state index contributed by atoms with van der Waals surface area (Å²) in [5.74, 6) is -3.72. The van der Waals surface area contributed by atoms with Crippen LogP contribution in [-0.2, 0) is 22.2 Å². The highest BCUT2D eigenvalue weighted by molar-refractivity contribution is 5.95. The second-order valence-corrected chi connectivity index (χ2v) is 7.00. The van der Waals surface area contributed by atoms with Gasteiger partial charge in [0.05, 0.1) is 11.5 Å².